The van der Waals surface area contributed by atoms with E-state index >= 15 is 0 Å². The monoisotopic (exact) mass is 279 g/mol. The highest BCUT2D eigenvalue weighted by molar-refractivity contribution is 5.84. The van der Waals surface area contributed by atoms with Crippen LogP contribution < -0.4 is 33.8 Å². The third-order valence-corrected chi connectivity index (χ3v) is 3.13. The fraction of sp³-hybridized carbons (Fsp3) is 0.357. The highest BCUT2D eigenvalue weighted by Gasteiger charge is 2.17. The summed E-state index contributed by atoms with van der Waals surface area (Å²) in [7, 11) is 0. The van der Waals surface area contributed by atoms with Gasteiger partial charge in [0.2, 0.25) is 0 Å². The van der Waals surface area contributed by atoms with Crippen molar-refractivity contribution in [2.24, 2.45) is 0 Å². The summed E-state index contributed by atoms with van der Waals surface area (Å²) in [5, 5.41) is 6.66. The van der Waals surface area contributed by atoms with E-state index in [4.69, 9.17) is 5.73 Å². The van der Waals surface area contributed by atoms with E-state index < -0.39 is 0 Å². The molecule has 2 rings (SSSR count). The zero-order valence-corrected chi connectivity index (χ0v) is 12.0. The molecular weight excluding hydrogens is 260 g/mol. The summed E-state index contributed by atoms with van der Waals surface area (Å²) in [4.78, 5) is 4.26. The summed E-state index contributed by atoms with van der Waals surface area (Å²) >= 11 is 0. The second kappa shape index (κ2) is 7.04. The van der Waals surface area contributed by atoms with Gasteiger partial charge in [-0.2, -0.15) is 0 Å². The van der Waals surface area contributed by atoms with Crippen molar-refractivity contribution >= 4 is 17.2 Å². The summed E-state index contributed by atoms with van der Waals surface area (Å²) in [5.41, 5.74) is 8.87. The molecule has 1 aromatic rings. The van der Waals surface area contributed by atoms with Crippen LogP contribution in [0.25, 0.3) is 0 Å². The van der Waals surface area contributed by atoms with Gasteiger partial charge in [-0.3, -0.25) is 0 Å². The zero-order chi connectivity index (χ0) is 13.0. The molecule has 0 fully saturated rings. The number of anilines is 2. The van der Waals surface area contributed by atoms with Gasteiger partial charge in [0.05, 0.1) is 6.42 Å². The smallest absolute Gasteiger partial charge is 0.298 e. The molecule has 0 saturated heterocycles. The van der Waals surface area contributed by atoms with E-state index in [2.05, 4.69) is 28.6 Å². The number of nitrogens with two attached hydrogens (primary N) is 1. The van der Waals surface area contributed by atoms with E-state index in [1.165, 1.54) is 0 Å². The molecule has 1 atom stereocenters. The van der Waals surface area contributed by atoms with Crippen LogP contribution in [0.2, 0.25) is 0 Å². The average Bonchev–Trinajstić information content (AvgIpc) is 2.86. The Hall–Kier alpha value is -1.68. The minimum atomic E-state index is 0. The molecule has 1 unspecified atom stereocenters. The lowest BCUT2D eigenvalue weighted by atomic mass is 10.1. The number of aryl methyl sites for hydroxylation is 1. The van der Waals surface area contributed by atoms with Gasteiger partial charge in [0.15, 0.2) is 6.20 Å². The van der Waals surface area contributed by atoms with Gasteiger partial charge in [0.25, 0.3) is 5.84 Å². The summed E-state index contributed by atoms with van der Waals surface area (Å²) in [6, 6.07) is 6.42. The van der Waals surface area contributed by atoms with Crippen LogP contribution in [0.4, 0.5) is 11.4 Å². The Morgan fingerprint density at radius 1 is 1.42 bits per heavy atom. The lowest BCUT2D eigenvalue weighted by Crippen LogP contribution is -3.00. The van der Waals surface area contributed by atoms with Crippen molar-refractivity contribution in [2.45, 2.75) is 32.7 Å². The number of aliphatic imine (C=N–C) groups is 1. The summed E-state index contributed by atoms with van der Waals surface area (Å²) in [5.74, 6) is 1.02. The highest BCUT2D eigenvalue weighted by Crippen LogP contribution is 2.18. The number of nitrogens with zero attached hydrogens (tertiary/aromatic N) is 1. The molecule has 0 aromatic heterocycles. The quantitative estimate of drug-likeness (QED) is 0.604. The molecule has 4 nitrogen and oxygen atoms in total. The van der Waals surface area contributed by atoms with Crippen LogP contribution in [-0.4, -0.2) is 11.9 Å². The Morgan fingerprint density at radius 3 is 2.79 bits per heavy atom. The van der Waals surface area contributed by atoms with Crippen LogP contribution in [0.15, 0.2) is 30.6 Å². The SMILES string of the molecule is CCC(CC1=[N+]C=CN1)Nc1ccc(N)c(C)c1.[Cl-]. The fourth-order valence-electron chi connectivity index (χ4n) is 1.94. The second-order valence-electron chi connectivity index (χ2n) is 4.56. The molecule has 1 radical (unpaired) electrons. The average molecular weight is 280 g/mol. The number of nitrogen functional groups attached to an aromatic ring is 1. The number of nitrogens with one attached hydrogen (secondary N) is 2. The van der Waals surface area contributed by atoms with Crippen molar-refractivity contribution in [3.63, 3.8) is 0 Å². The molecular formula is C14H20ClN4. The van der Waals surface area contributed by atoms with E-state index in [0.29, 0.717) is 6.04 Å². The molecule has 0 saturated carbocycles. The maximum Gasteiger partial charge on any atom is 0.298 e. The van der Waals surface area contributed by atoms with Gasteiger partial charge < -0.3 is 23.5 Å². The van der Waals surface area contributed by atoms with Crippen LogP contribution in [0.5, 0.6) is 0 Å². The molecule has 103 valence electrons. The van der Waals surface area contributed by atoms with Crippen LogP contribution in [0.3, 0.4) is 0 Å². The largest absolute Gasteiger partial charge is 1.00 e. The standard InChI is InChI=1S/C14H20N4.ClH/c1-3-11(9-14-16-6-7-17-14)18-12-4-5-13(15)10(2)8-12;/h4-8,11,16,18H,3,9,15H2,1-2H3;1H/q+1;/p-1. The first-order valence-corrected chi connectivity index (χ1v) is 6.30. The maximum atomic E-state index is 5.82. The summed E-state index contributed by atoms with van der Waals surface area (Å²) in [6.45, 7) is 4.19. The first-order chi connectivity index (χ1) is 8.69. The van der Waals surface area contributed by atoms with Crippen molar-refractivity contribution in [2.75, 3.05) is 11.1 Å². The molecule has 0 aliphatic carbocycles. The topological polar surface area (TPSA) is 64.2 Å². The second-order valence-corrected chi connectivity index (χ2v) is 4.56. The minimum absolute atomic E-state index is 0. The first-order valence-electron chi connectivity index (χ1n) is 6.30. The molecule has 0 spiro atoms. The maximum absolute atomic E-state index is 5.82. The third kappa shape index (κ3) is 4.17. The Labute approximate surface area is 120 Å². The molecule has 1 heterocycles. The molecule has 1 aromatic carbocycles. The lowest BCUT2D eigenvalue weighted by molar-refractivity contribution is -0.00000401. The number of hydrogen-bond acceptors (Lipinski definition) is 4. The van der Waals surface area contributed by atoms with Crippen molar-refractivity contribution in [3.8, 4) is 0 Å². The number of amidine groups is 1. The van der Waals surface area contributed by atoms with Gasteiger partial charge in [-0.15, -0.1) is 0 Å². The van der Waals surface area contributed by atoms with Crippen molar-refractivity contribution in [3.05, 3.63) is 36.2 Å². The molecule has 0 amide bonds. The Balaban J connectivity index is 0.00000180. The highest BCUT2D eigenvalue weighted by atomic mass is 35.5. The molecule has 1 aliphatic rings. The van der Waals surface area contributed by atoms with Crippen molar-refractivity contribution in [1.82, 2.24) is 10.3 Å². The van der Waals surface area contributed by atoms with E-state index in [1.807, 2.05) is 25.3 Å². The van der Waals surface area contributed by atoms with Gasteiger partial charge in [-0.1, -0.05) is 11.9 Å². The van der Waals surface area contributed by atoms with Gasteiger partial charge >= 0.3 is 0 Å². The van der Waals surface area contributed by atoms with Crippen LogP contribution in [-0.2, 0) is 0 Å². The fourth-order valence-corrected chi connectivity index (χ4v) is 1.94. The normalized spacial score (nSPS) is 14.3. The molecule has 4 N–H and O–H groups in total. The van der Waals surface area contributed by atoms with Crippen LogP contribution >= 0.6 is 0 Å². The van der Waals surface area contributed by atoms with E-state index in [-0.39, 0.29) is 12.4 Å². The number of hydrogen-bond donors (Lipinski definition) is 3. The molecule has 1 aliphatic heterocycles. The Bertz CT molecular complexity index is 482. The van der Waals surface area contributed by atoms with Crippen LogP contribution in [0, 0.1) is 6.92 Å². The number of benzene rings is 1. The van der Waals surface area contributed by atoms with Crippen molar-refractivity contribution < 1.29 is 12.4 Å². The van der Waals surface area contributed by atoms with E-state index in [0.717, 1.165) is 35.6 Å². The summed E-state index contributed by atoms with van der Waals surface area (Å²) < 4.78 is 0. The first kappa shape index (κ1) is 15.4. The van der Waals surface area contributed by atoms with Crippen LogP contribution in [0.1, 0.15) is 25.3 Å². The predicted molar refractivity (Wildman–Crippen MR) is 77.3 cm³/mol. The predicted octanol–water partition coefficient (Wildman–Crippen LogP) is -1.03. The number of halogens is 1. The zero-order valence-electron chi connectivity index (χ0n) is 11.3. The van der Waals surface area contributed by atoms with Gasteiger partial charge in [0.1, 0.15) is 6.20 Å². The lowest BCUT2D eigenvalue weighted by Gasteiger charge is -2.17. The van der Waals surface area contributed by atoms with Gasteiger partial charge in [-0.25, -0.2) is 5.32 Å². The van der Waals surface area contributed by atoms with E-state index in [1.54, 1.807) is 6.20 Å². The molecule has 0 bridgehead atoms. The van der Waals surface area contributed by atoms with Crippen molar-refractivity contribution in [1.29, 1.82) is 0 Å². The molecule has 19 heavy (non-hydrogen) atoms. The van der Waals surface area contributed by atoms with E-state index in [9.17, 15) is 0 Å². The van der Waals surface area contributed by atoms with Gasteiger partial charge in [0, 0.05) is 17.4 Å². The summed E-state index contributed by atoms with van der Waals surface area (Å²) in [6.07, 6.45) is 5.59. The molecule has 5 heteroatoms. The Kier molecular flexibility index (Phi) is 5.70. The minimum Gasteiger partial charge on any atom is -1.00 e. The van der Waals surface area contributed by atoms with Gasteiger partial charge in [-0.05, 0) is 37.1 Å². The third-order valence-electron chi connectivity index (χ3n) is 3.13. The Morgan fingerprint density at radius 2 is 2.21 bits per heavy atom. The number of rotatable bonds is 5.